The molecule has 3 rings (SSSR count). The molecule has 200 valence electrons. The number of aliphatic hydroxyl groups is 11. The smallest absolute Gasteiger partial charge is 0.186 e. The van der Waals surface area contributed by atoms with E-state index in [2.05, 4.69) is 0 Å². The van der Waals surface area contributed by atoms with Gasteiger partial charge in [-0.1, -0.05) is 0 Å². The van der Waals surface area contributed by atoms with Gasteiger partial charge in [-0.25, -0.2) is 0 Å². The van der Waals surface area contributed by atoms with Crippen molar-refractivity contribution in [3.63, 3.8) is 0 Å². The van der Waals surface area contributed by atoms with E-state index in [1.54, 1.807) is 0 Å². The highest BCUT2D eigenvalue weighted by Gasteiger charge is 2.48. The molecule has 34 heavy (non-hydrogen) atoms. The van der Waals surface area contributed by atoms with E-state index >= 15 is 0 Å². The fraction of sp³-hybridized carbons (Fsp3) is 1.00. The molecule has 3 aliphatic heterocycles. The number of hydrogen-bond donors (Lipinski definition) is 11. The van der Waals surface area contributed by atoms with Crippen LogP contribution in [0.2, 0.25) is 0 Å². The maximum atomic E-state index is 10.2. The molecule has 0 saturated carbocycles. The summed E-state index contributed by atoms with van der Waals surface area (Å²) in [5.74, 6) is 0. The minimum Gasteiger partial charge on any atom is -0.394 e. The van der Waals surface area contributed by atoms with Gasteiger partial charge in [0.25, 0.3) is 0 Å². The number of aliphatic hydroxyl groups excluding tert-OH is 11. The van der Waals surface area contributed by atoms with Crippen molar-refractivity contribution in [3.05, 3.63) is 0 Å². The molecule has 15 atom stereocenters. The first-order chi connectivity index (χ1) is 16.0. The predicted octanol–water partition coefficient (Wildman–Crippen LogP) is -7.57. The second-order valence-electron chi connectivity index (χ2n) is 8.42. The summed E-state index contributed by atoms with van der Waals surface area (Å²) in [6, 6.07) is 0. The first kappa shape index (κ1) is 27.9. The van der Waals surface area contributed by atoms with Crippen LogP contribution in [0.3, 0.4) is 0 Å². The molecule has 0 spiro atoms. The van der Waals surface area contributed by atoms with E-state index in [0.717, 1.165) is 0 Å². The Labute approximate surface area is 192 Å². The molecule has 3 saturated heterocycles. The van der Waals surface area contributed by atoms with E-state index in [4.69, 9.17) is 23.7 Å². The van der Waals surface area contributed by atoms with Crippen molar-refractivity contribution < 1.29 is 79.9 Å². The summed E-state index contributed by atoms with van der Waals surface area (Å²) in [6.45, 7) is -1.84. The van der Waals surface area contributed by atoms with Gasteiger partial charge >= 0.3 is 0 Å². The third kappa shape index (κ3) is 5.68. The molecule has 16 heteroatoms. The number of hydrogen-bond acceptors (Lipinski definition) is 16. The topological polar surface area (TPSA) is 269 Å². The fourth-order valence-electron chi connectivity index (χ4n) is 3.84. The lowest BCUT2D eigenvalue weighted by molar-refractivity contribution is -0.340. The van der Waals surface area contributed by atoms with Crippen LogP contribution in [0.5, 0.6) is 0 Å². The van der Waals surface area contributed by atoms with Gasteiger partial charge in [-0.3, -0.25) is 0 Å². The quantitative estimate of drug-likeness (QED) is 0.154. The zero-order chi connectivity index (χ0) is 25.3. The highest BCUT2D eigenvalue weighted by atomic mass is 16.7. The molecule has 0 radical (unpaired) electrons. The SMILES string of the molecule is OC[C@H]1O[C@@H](OC[C@H]2O[C@@H](OC[C@H]3O[C@@H](O)[C@H](O)[C@@H](O)[C@@H]3O)[C@H](O)[C@@H](O)[C@@H]2O)[C@H](O)[C@@H](O)[C@H]1O. The lowest BCUT2D eigenvalue weighted by Gasteiger charge is -2.43. The summed E-state index contributed by atoms with van der Waals surface area (Å²) >= 11 is 0. The van der Waals surface area contributed by atoms with Crippen molar-refractivity contribution in [2.75, 3.05) is 19.8 Å². The van der Waals surface area contributed by atoms with Crippen molar-refractivity contribution >= 4 is 0 Å². The maximum absolute atomic E-state index is 10.2. The van der Waals surface area contributed by atoms with Gasteiger partial charge in [0, 0.05) is 0 Å². The van der Waals surface area contributed by atoms with Crippen LogP contribution in [-0.4, -0.2) is 168 Å². The molecule has 16 nitrogen and oxygen atoms in total. The third-order valence-corrected chi connectivity index (χ3v) is 6.05. The van der Waals surface area contributed by atoms with E-state index in [1.165, 1.54) is 0 Å². The molecular weight excluding hydrogens is 472 g/mol. The van der Waals surface area contributed by atoms with Crippen LogP contribution in [0.15, 0.2) is 0 Å². The average Bonchev–Trinajstić information content (AvgIpc) is 2.82. The zero-order valence-electron chi connectivity index (χ0n) is 17.7. The second-order valence-corrected chi connectivity index (χ2v) is 8.42. The number of rotatable bonds is 7. The van der Waals surface area contributed by atoms with Crippen LogP contribution < -0.4 is 0 Å². The van der Waals surface area contributed by atoms with Crippen molar-refractivity contribution in [1.29, 1.82) is 0 Å². The largest absolute Gasteiger partial charge is 0.394 e. The summed E-state index contributed by atoms with van der Waals surface area (Å²) in [5, 5.41) is 108. The van der Waals surface area contributed by atoms with Crippen LogP contribution in [0, 0.1) is 0 Å². The Hall–Kier alpha value is -0.640. The molecule has 0 aromatic carbocycles. The summed E-state index contributed by atoms with van der Waals surface area (Å²) in [7, 11) is 0. The molecule has 3 fully saturated rings. The minimum absolute atomic E-state index is 0.570. The Morgan fingerprint density at radius 2 is 0.824 bits per heavy atom. The molecule has 0 bridgehead atoms. The third-order valence-electron chi connectivity index (χ3n) is 6.05. The molecule has 0 aromatic rings. The zero-order valence-corrected chi connectivity index (χ0v) is 17.7. The Bertz CT molecular complexity index is 639. The maximum Gasteiger partial charge on any atom is 0.186 e. The first-order valence-electron chi connectivity index (χ1n) is 10.6. The average molecular weight is 504 g/mol. The molecular formula is C18H32O16. The summed E-state index contributed by atoms with van der Waals surface area (Å²) in [6.07, 6.45) is -24.4. The van der Waals surface area contributed by atoms with Crippen molar-refractivity contribution in [2.45, 2.75) is 92.1 Å². The highest BCUT2D eigenvalue weighted by molar-refractivity contribution is 4.92. The van der Waals surface area contributed by atoms with Crippen LogP contribution in [0.4, 0.5) is 0 Å². The molecule has 0 unspecified atom stereocenters. The van der Waals surface area contributed by atoms with Crippen molar-refractivity contribution in [1.82, 2.24) is 0 Å². The normalized spacial score (nSPS) is 52.5. The lowest BCUT2D eigenvalue weighted by Crippen LogP contribution is -2.62. The molecule has 0 amide bonds. The van der Waals surface area contributed by atoms with Gasteiger partial charge in [0.15, 0.2) is 18.9 Å². The summed E-state index contributed by atoms with van der Waals surface area (Å²) < 4.78 is 26.1. The van der Waals surface area contributed by atoms with Gasteiger partial charge < -0.3 is 79.9 Å². The van der Waals surface area contributed by atoms with E-state index in [1.807, 2.05) is 0 Å². The summed E-state index contributed by atoms with van der Waals surface area (Å²) in [4.78, 5) is 0. The van der Waals surface area contributed by atoms with Crippen LogP contribution >= 0.6 is 0 Å². The Kier molecular flexibility index (Phi) is 9.54. The second kappa shape index (κ2) is 11.6. The predicted molar refractivity (Wildman–Crippen MR) is 101 cm³/mol. The Balaban J connectivity index is 1.58. The number of ether oxygens (including phenoxy) is 5. The Morgan fingerprint density at radius 1 is 0.441 bits per heavy atom. The van der Waals surface area contributed by atoms with Gasteiger partial charge in [-0.15, -0.1) is 0 Å². The van der Waals surface area contributed by atoms with Crippen LogP contribution in [-0.2, 0) is 23.7 Å². The minimum atomic E-state index is -1.82. The molecule has 0 aromatic heterocycles. The monoisotopic (exact) mass is 504 g/mol. The fourth-order valence-corrected chi connectivity index (χ4v) is 3.84. The summed E-state index contributed by atoms with van der Waals surface area (Å²) in [5.41, 5.74) is 0. The molecule has 11 N–H and O–H groups in total. The molecule has 3 heterocycles. The van der Waals surface area contributed by atoms with Crippen LogP contribution in [0.1, 0.15) is 0 Å². The van der Waals surface area contributed by atoms with Gasteiger partial charge in [0.05, 0.1) is 19.8 Å². The van der Waals surface area contributed by atoms with Crippen molar-refractivity contribution in [2.24, 2.45) is 0 Å². The van der Waals surface area contributed by atoms with Gasteiger partial charge in [0.2, 0.25) is 0 Å². The Morgan fingerprint density at radius 3 is 1.29 bits per heavy atom. The molecule has 0 aliphatic carbocycles. The van der Waals surface area contributed by atoms with E-state index in [0.29, 0.717) is 0 Å². The van der Waals surface area contributed by atoms with Crippen molar-refractivity contribution in [3.8, 4) is 0 Å². The van der Waals surface area contributed by atoms with E-state index in [-0.39, 0.29) is 0 Å². The van der Waals surface area contributed by atoms with Gasteiger partial charge in [0.1, 0.15) is 73.2 Å². The first-order valence-corrected chi connectivity index (χ1v) is 10.6. The van der Waals surface area contributed by atoms with E-state index < -0.39 is 112 Å². The standard InChI is InChI=1S/C18H32O16/c19-1-4-7(20)11(24)14(27)17(33-4)31-3-6-9(22)12(25)15(28)18(34-6)30-2-5-8(21)10(23)13(26)16(29)32-5/h4-29H,1-3H2/t4-,5-,6-,7+,8-,9-,10+,11+,12+,13-,14-,15-,16-,17-,18-/m1/s1. The molecule has 3 aliphatic rings. The van der Waals surface area contributed by atoms with Crippen LogP contribution in [0.25, 0.3) is 0 Å². The van der Waals surface area contributed by atoms with Gasteiger partial charge in [-0.2, -0.15) is 0 Å². The lowest BCUT2D eigenvalue weighted by atomic mass is 9.98. The highest BCUT2D eigenvalue weighted by Crippen LogP contribution is 2.27. The van der Waals surface area contributed by atoms with Gasteiger partial charge in [-0.05, 0) is 0 Å². The van der Waals surface area contributed by atoms with E-state index in [9.17, 15) is 56.2 Å².